The van der Waals surface area contributed by atoms with E-state index in [1.165, 1.54) is 48.5 Å². The molecule has 0 aromatic heterocycles. The summed E-state index contributed by atoms with van der Waals surface area (Å²) in [7, 11) is -4.12. The number of hydrazone groups is 1. The number of nitro benzene ring substituents is 2. The Kier molecular flexibility index (Phi) is 6.66. The summed E-state index contributed by atoms with van der Waals surface area (Å²) in [5.74, 6) is 0. The van der Waals surface area contributed by atoms with E-state index in [0.29, 0.717) is 5.02 Å². The molecule has 0 heterocycles. The number of hydrogen-bond donors (Lipinski definition) is 2. The summed E-state index contributed by atoms with van der Waals surface area (Å²) in [5, 5.41) is 26.7. The number of halogens is 1. The first-order valence-corrected chi connectivity index (χ1v) is 10.6. The number of para-hydroxylation sites is 1. The summed E-state index contributed by atoms with van der Waals surface area (Å²) in [6, 6.07) is 14.9. The standard InChI is InChI=1S/C19H14ClN5O6S/c20-14-5-7-15(8-6-14)23-32(30,31)16-9-10-17(19(11-16)25(28)29)22-21-12-13-3-1-2-4-18(13)24(26)27/h1-12,22-23H. The molecular weight excluding hydrogens is 462 g/mol. The third kappa shape index (κ3) is 5.36. The molecule has 3 aromatic rings. The van der Waals surface area contributed by atoms with E-state index in [9.17, 15) is 28.6 Å². The van der Waals surface area contributed by atoms with Crippen LogP contribution in [0.3, 0.4) is 0 Å². The van der Waals surface area contributed by atoms with Crippen LogP contribution in [0.4, 0.5) is 22.7 Å². The lowest BCUT2D eigenvalue weighted by Crippen LogP contribution is -2.13. The van der Waals surface area contributed by atoms with Gasteiger partial charge in [0.2, 0.25) is 0 Å². The zero-order valence-electron chi connectivity index (χ0n) is 16.0. The second-order valence-electron chi connectivity index (χ2n) is 6.23. The monoisotopic (exact) mass is 475 g/mol. The Labute approximate surface area is 186 Å². The summed E-state index contributed by atoms with van der Waals surface area (Å²) < 4.78 is 27.5. The minimum atomic E-state index is -4.12. The normalized spacial score (nSPS) is 11.3. The fourth-order valence-electron chi connectivity index (χ4n) is 2.59. The molecule has 0 aliphatic rings. The van der Waals surface area contributed by atoms with Crippen molar-refractivity contribution in [3.8, 4) is 0 Å². The van der Waals surface area contributed by atoms with Crippen molar-refractivity contribution in [3.63, 3.8) is 0 Å². The molecule has 0 atom stereocenters. The molecule has 32 heavy (non-hydrogen) atoms. The van der Waals surface area contributed by atoms with Gasteiger partial charge in [0.1, 0.15) is 5.69 Å². The van der Waals surface area contributed by atoms with Gasteiger partial charge >= 0.3 is 0 Å². The van der Waals surface area contributed by atoms with E-state index in [2.05, 4.69) is 15.2 Å². The van der Waals surface area contributed by atoms with Crippen molar-refractivity contribution >= 4 is 50.6 Å². The number of nitrogens with zero attached hydrogens (tertiary/aromatic N) is 3. The molecule has 0 radical (unpaired) electrons. The molecule has 0 saturated heterocycles. The summed E-state index contributed by atoms with van der Waals surface area (Å²) in [6.45, 7) is 0. The number of sulfonamides is 1. The smallest absolute Gasteiger partial charge is 0.280 e. The molecule has 11 nitrogen and oxygen atoms in total. The Morgan fingerprint density at radius 2 is 1.56 bits per heavy atom. The van der Waals surface area contributed by atoms with Crippen molar-refractivity contribution in [3.05, 3.63) is 97.5 Å². The van der Waals surface area contributed by atoms with Crippen LogP contribution in [0, 0.1) is 20.2 Å². The van der Waals surface area contributed by atoms with E-state index in [1.54, 1.807) is 6.07 Å². The molecule has 0 fully saturated rings. The van der Waals surface area contributed by atoms with Gasteiger partial charge in [0.15, 0.2) is 0 Å². The zero-order chi connectivity index (χ0) is 23.3. The van der Waals surface area contributed by atoms with Crippen molar-refractivity contribution in [2.24, 2.45) is 5.10 Å². The van der Waals surface area contributed by atoms with Gasteiger partial charge in [-0.05, 0) is 42.5 Å². The molecule has 3 aromatic carbocycles. The molecule has 0 bridgehead atoms. The predicted molar refractivity (Wildman–Crippen MR) is 120 cm³/mol. The van der Waals surface area contributed by atoms with E-state index in [0.717, 1.165) is 18.3 Å². The first kappa shape index (κ1) is 22.7. The Hall–Kier alpha value is -4.03. The zero-order valence-corrected chi connectivity index (χ0v) is 17.6. The summed E-state index contributed by atoms with van der Waals surface area (Å²) in [6.07, 6.45) is 1.13. The fraction of sp³-hybridized carbons (Fsp3) is 0. The maximum atomic E-state index is 12.6. The Morgan fingerprint density at radius 1 is 0.906 bits per heavy atom. The molecule has 3 rings (SSSR count). The van der Waals surface area contributed by atoms with Crippen LogP contribution in [-0.4, -0.2) is 24.5 Å². The largest absolute Gasteiger partial charge is 0.295 e. The van der Waals surface area contributed by atoms with Crippen molar-refractivity contribution in [2.75, 3.05) is 10.1 Å². The van der Waals surface area contributed by atoms with E-state index < -0.39 is 25.6 Å². The average molecular weight is 476 g/mol. The van der Waals surface area contributed by atoms with E-state index in [-0.39, 0.29) is 27.5 Å². The van der Waals surface area contributed by atoms with Gasteiger partial charge in [0.25, 0.3) is 21.4 Å². The topological polar surface area (TPSA) is 157 Å². The Bertz CT molecular complexity index is 1310. The number of nitro groups is 2. The molecule has 0 aliphatic heterocycles. The van der Waals surface area contributed by atoms with Crippen LogP contribution in [0.15, 0.2) is 76.7 Å². The highest BCUT2D eigenvalue weighted by atomic mass is 35.5. The Morgan fingerprint density at radius 3 is 2.22 bits per heavy atom. The first-order chi connectivity index (χ1) is 15.2. The van der Waals surface area contributed by atoms with Crippen LogP contribution in [0.5, 0.6) is 0 Å². The number of anilines is 2. The number of hydrogen-bond acceptors (Lipinski definition) is 8. The number of benzene rings is 3. The third-order valence-corrected chi connectivity index (χ3v) is 5.73. The second-order valence-corrected chi connectivity index (χ2v) is 8.35. The maximum absolute atomic E-state index is 12.6. The van der Waals surface area contributed by atoms with E-state index in [4.69, 9.17) is 11.6 Å². The van der Waals surface area contributed by atoms with E-state index in [1.807, 2.05) is 0 Å². The molecule has 0 unspecified atom stereocenters. The van der Waals surface area contributed by atoms with Crippen molar-refractivity contribution in [1.29, 1.82) is 0 Å². The highest BCUT2D eigenvalue weighted by Gasteiger charge is 2.21. The molecule has 0 saturated carbocycles. The van der Waals surface area contributed by atoms with Crippen LogP contribution in [0.2, 0.25) is 5.02 Å². The van der Waals surface area contributed by atoms with E-state index >= 15 is 0 Å². The molecule has 164 valence electrons. The fourth-order valence-corrected chi connectivity index (χ4v) is 3.79. The van der Waals surface area contributed by atoms with Gasteiger partial charge in [0.05, 0.1) is 26.5 Å². The van der Waals surface area contributed by atoms with Gasteiger partial charge in [-0.15, -0.1) is 0 Å². The van der Waals surface area contributed by atoms with Crippen LogP contribution in [0.25, 0.3) is 0 Å². The SMILES string of the molecule is O=[N+]([O-])c1ccccc1C=NNc1ccc(S(=O)(=O)Nc2ccc(Cl)cc2)cc1[N+](=O)[O-]. The van der Waals surface area contributed by atoms with Crippen LogP contribution in [-0.2, 0) is 10.0 Å². The van der Waals surface area contributed by atoms with Crippen LogP contribution in [0.1, 0.15) is 5.56 Å². The quantitative estimate of drug-likeness (QED) is 0.277. The molecule has 0 aliphatic carbocycles. The molecule has 0 spiro atoms. The van der Waals surface area contributed by atoms with Crippen molar-refractivity contribution in [1.82, 2.24) is 0 Å². The lowest BCUT2D eigenvalue weighted by molar-refractivity contribution is -0.385. The van der Waals surface area contributed by atoms with Gasteiger partial charge in [0, 0.05) is 22.8 Å². The van der Waals surface area contributed by atoms with Crippen molar-refractivity contribution < 1.29 is 18.3 Å². The molecular formula is C19H14ClN5O6S. The minimum absolute atomic E-state index is 0.102. The average Bonchev–Trinajstić information content (AvgIpc) is 2.75. The Balaban J connectivity index is 1.86. The number of rotatable bonds is 8. The first-order valence-electron chi connectivity index (χ1n) is 8.77. The summed E-state index contributed by atoms with van der Waals surface area (Å²) >= 11 is 5.77. The van der Waals surface area contributed by atoms with Crippen molar-refractivity contribution in [2.45, 2.75) is 4.90 Å². The van der Waals surface area contributed by atoms with Gasteiger partial charge in [-0.3, -0.25) is 30.4 Å². The molecule has 13 heteroatoms. The van der Waals surface area contributed by atoms with Gasteiger partial charge in [-0.2, -0.15) is 5.10 Å². The molecule has 2 N–H and O–H groups in total. The number of nitrogens with one attached hydrogen (secondary N) is 2. The highest BCUT2D eigenvalue weighted by Crippen LogP contribution is 2.29. The second kappa shape index (κ2) is 9.41. The summed E-state index contributed by atoms with van der Waals surface area (Å²) in [5.41, 5.74) is 1.98. The van der Waals surface area contributed by atoms with Crippen LogP contribution < -0.4 is 10.1 Å². The molecule has 0 amide bonds. The van der Waals surface area contributed by atoms with Gasteiger partial charge in [-0.1, -0.05) is 23.7 Å². The lowest BCUT2D eigenvalue weighted by Gasteiger charge is -2.09. The maximum Gasteiger partial charge on any atom is 0.295 e. The van der Waals surface area contributed by atoms with Gasteiger partial charge in [-0.25, -0.2) is 8.42 Å². The van der Waals surface area contributed by atoms with Crippen LogP contribution >= 0.6 is 11.6 Å². The highest BCUT2D eigenvalue weighted by molar-refractivity contribution is 7.92. The summed E-state index contributed by atoms with van der Waals surface area (Å²) in [4.78, 5) is 20.8. The van der Waals surface area contributed by atoms with Gasteiger partial charge < -0.3 is 0 Å². The lowest BCUT2D eigenvalue weighted by atomic mass is 10.2. The third-order valence-electron chi connectivity index (χ3n) is 4.09. The predicted octanol–water partition coefficient (Wildman–Crippen LogP) is 4.40. The minimum Gasteiger partial charge on any atom is -0.280 e.